The summed E-state index contributed by atoms with van der Waals surface area (Å²) in [6, 6.07) is 30.5. The van der Waals surface area contributed by atoms with Crippen LogP contribution < -0.4 is 0 Å². The second-order valence-corrected chi connectivity index (χ2v) is 11.0. The number of aromatic nitrogens is 3. The topological polar surface area (TPSA) is 38.7 Å². The molecule has 9 rings (SSSR count). The van der Waals surface area contributed by atoms with Gasteiger partial charge in [-0.3, -0.25) is 0 Å². The highest BCUT2D eigenvalue weighted by atomic mass is 32.1. The molecular weight excluding hydrogens is 518 g/mol. The predicted molar refractivity (Wildman–Crippen MR) is 174 cm³/mol. The number of rotatable bonds is 2. The summed E-state index contributed by atoms with van der Waals surface area (Å²) in [6.07, 6.45) is 0. The van der Waals surface area contributed by atoms with Gasteiger partial charge in [-0.25, -0.2) is 15.0 Å². The average molecular weight is 545 g/mol. The molecule has 3 nitrogen and oxygen atoms in total. The fourth-order valence-corrected chi connectivity index (χ4v) is 7.22. The molecule has 0 aliphatic carbocycles. The van der Waals surface area contributed by atoms with Gasteiger partial charge in [-0.05, 0) is 28.3 Å². The zero-order valence-electron chi connectivity index (χ0n) is 26.5. The second kappa shape index (κ2) is 8.65. The molecule has 0 fully saturated rings. The van der Waals surface area contributed by atoms with Crippen molar-refractivity contribution in [3.63, 3.8) is 0 Å². The Morgan fingerprint density at radius 1 is 0.512 bits per heavy atom. The van der Waals surface area contributed by atoms with E-state index in [9.17, 15) is 0 Å². The highest BCUT2D eigenvalue weighted by Gasteiger charge is 2.21. The van der Waals surface area contributed by atoms with E-state index < -0.39 is 18.1 Å². The van der Waals surface area contributed by atoms with Crippen molar-refractivity contribution in [2.24, 2.45) is 0 Å². The molecule has 0 unspecified atom stereocenters. The van der Waals surface area contributed by atoms with Gasteiger partial charge in [0.05, 0.1) is 28.3 Å². The number of pyridine rings is 1. The normalized spacial score (nSPS) is 13.6. The van der Waals surface area contributed by atoms with Crippen molar-refractivity contribution < 1.29 is 6.85 Å². The molecule has 0 bridgehead atoms. The molecule has 0 radical (unpaired) electrons. The Morgan fingerprint density at radius 2 is 1.12 bits per heavy atom. The third-order valence-corrected chi connectivity index (χ3v) is 8.92. The monoisotopic (exact) mass is 544 g/mol. The number of nitrogens with zero attached hydrogens (tertiary/aromatic N) is 3. The van der Waals surface area contributed by atoms with Crippen LogP contribution in [0.15, 0.2) is 127 Å². The third kappa shape index (κ3) is 3.28. The molecule has 3 aromatic heterocycles. The van der Waals surface area contributed by atoms with Gasteiger partial charge in [0.2, 0.25) is 0 Å². The zero-order chi connectivity index (χ0) is 31.3. The first kappa shape index (κ1) is 18.2. The standard InChI is InChI=1S/C37H21N3S/c1-2-12-22(13-3-1)33-27-18-8-10-20-29(27)38-37(40-33)34-26-17-7-6-16-25(26)31-23-14-4-5-15-24(23)32-28-19-9-11-21-30(28)41-36(32)35(31)39-34/h1-21H/i1D,2D,3D,12D,13D. The number of para-hydroxylation sites is 1. The SMILES string of the molecule is [2H]c1c([2H])c([2H])c(-c2nc(-c3nc4c5sc6ccccc6c5c5ccccc5c4c4ccccc34)nc3ccccc23)c([2H])c1[2H]. The number of hydrogen-bond donors (Lipinski definition) is 0. The quantitative estimate of drug-likeness (QED) is 0.203. The van der Waals surface area contributed by atoms with Crippen molar-refractivity contribution in [2.75, 3.05) is 0 Å². The third-order valence-electron chi connectivity index (χ3n) is 7.74. The lowest BCUT2D eigenvalue weighted by Gasteiger charge is -2.14. The van der Waals surface area contributed by atoms with Crippen molar-refractivity contribution in [2.45, 2.75) is 0 Å². The van der Waals surface area contributed by atoms with Crippen LogP contribution in [0.2, 0.25) is 0 Å². The summed E-state index contributed by atoms with van der Waals surface area (Å²) in [5.41, 5.74) is 2.31. The molecule has 0 saturated heterocycles. The highest BCUT2D eigenvalue weighted by Crippen LogP contribution is 2.46. The molecule has 41 heavy (non-hydrogen) atoms. The van der Waals surface area contributed by atoms with Gasteiger partial charge in [-0.1, -0.05) is 115 Å². The fourth-order valence-electron chi connectivity index (χ4n) is 6.01. The van der Waals surface area contributed by atoms with Gasteiger partial charge in [0.15, 0.2) is 5.82 Å². The molecular formula is C37H21N3S. The van der Waals surface area contributed by atoms with Crippen molar-refractivity contribution in [1.29, 1.82) is 0 Å². The van der Waals surface area contributed by atoms with Crippen molar-refractivity contribution in [3.8, 4) is 22.8 Å². The number of thiophene rings is 1. The Labute approximate surface area is 246 Å². The first-order valence-electron chi connectivity index (χ1n) is 15.8. The Bertz CT molecular complexity index is 2750. The van der Waals surface area contributed by atoms with Crippen LogP contribution in [-0.4, -0.2) is 15.0 Å². The molecule has 0 spiro atoms. The maximum atomic E-state index is 8.74. The Balaban J connectivity index is 1.47. The molecule has 3 heterocycles. The van der Waals surface area contributed by atoms with Crippen LogP contribution in [0.4, 0.5) is 0 Å². The molecule has 0 saturated carbocycles. The van der Waals surface area contributed by atoms with E-state index in [1.165, 1.54) is 15.5 Å². The number of hydrogen-bond acceptors (Lipinski definition) is 4. The minimum absolute atomic E-state index is 0.0360. The van der Waals surface area contributed by atoms with E-state index in [-0.39, 0.29) is 23.3 Å². The lowest BCUT2D eigenvalue weighted by atomic mass is 9.95. The fraction of sp³-hybridized carbons (Fsp3) is 0. The van der Waals surface area contributed by atoms with Crippen LogP contribution in [0, 0.1) is 0 Å². The maximum absolute atomic E-state index is 8.74. The van der Waals surface area contributed by atoms with Crippen LogP contribution in [0.1, 0.15) is 6.85 Å². The summed E-state index contributed by atoms with van der Waals surface area (Å²) in [5, 5.41) is 8.16. The van der Waals surface area contributed by atoms with E-state index in [2.05, 4.69) is 54.6 Å². The average Bonchev–Trinajstić information content (AvgIpc) is 3.49. The molecule has 0 amide bonds. The van der Waals surface area contributed by atoms with Gasteiger partial charge in [0.25, 0.3) is 0 Å². The molecule has 4 heteroatoms. The molecule has 190 valence electrons. The largest absolute Gasteiger partial charge is 0.242 e. The smallest absolute Gasteiger partial charge is 0.179 e. The Hall–Kier alpha value is -5.19. The van der Waals surface area contributed by atoms with E-state index in [0.29, 0.717) is 22.4 Å². The molecule has 0 atom stereocenters. The molecule has 0 aliphatic rings. The molecule has 6 aromatic carbocycles. The van der Waals surface area contributed by atoms with Crippen LogP contribution in [0.25, 0.3) is 86.3 Å². The summed E-state index contributed by atoms with van der Waals surface area (Å²) in [4.78, 5) is 15.3. The molecule has 9 aromatic rings. The van der Waals surface area contributed by atoms with Crippen molar-refractivity contribution in [1.82, 2.24) is 15.0 Å². The van der Waals surface area contributed by atoms with Crippen molar-refractivity contribution >= 4 is 74.9 Å². The molecule has 0 N–H and O–H groups in total. The lowest BCUT2D eigenvalue weighted by molar-refractivity contribution is 1.20. The van der Waals surface area contributed by atoms with E-state index in [1.54, 1.807) is 11.3 Å². The first-order valence-corrected chi connectivity index (χ1v) is 14.1. The number of fused-ring (bicyclic) bond motifs is 11. The van der Waals surface area contributed by atoms with Gasteiger partial charge in [-0.2, -0.15) is 0 Å². The number of benzene rings is 6. The maximum Gasteiger partial charge on any atom is 0.179 e. The second-order valence-electron chi connectivity index (χ2n) is 9.99. The summed E-state index contributed by atoms with van der Waals surface area (Å²) in [5.74, 6) is 0.320. The first-order chi connectivity index (χ1) is 22.4. The van der Waals surface area contributed by atoms with Crippen LogP contribution >= 0.6 is 11.3 Å². The summed E-state index contributed by atoms with van der Waals surface area (Å²) in [6.45, 7) is 0. The van der Waals surface area contributed by atoms with E-state index in [0.717, 1.165) is 37.1 Å². The predicted octanol–water partition coefficient (Wildman–Crippen LogP) is 10.2. The Morgan fingerprint density at radius 3 is 1.90 bits per heavy atom. The highest BCUT2D eigenvalue weighted by molar-refractivity contribution is 7.27. The van der Waals surface area contributed by atoms with Gasteiger partial charge in [0.1, 0.15) is 5.69 Å². The summed E-state index contributed by atoms with van der Waals surface area (Å²) < 4.78 is 44.5. The van der Waals surface area contributed by atoms with E-state index >= 15 is 0 Å². The van der Waals surface area contributed by atoms with Gasteiger partial charge in [0, 0.05) is 37.2 Å². The van der Waals surface area contributed by atoms with Crippen molar-refractivity contribution in [3.05, 3.63) is 127 Å². The lowest BCUT2D eigenvalue weighted by Crippen LogP contribution is -1.98. The van der Waals surface area contributed by atoms with Gasteiger partial charge < -0.3 is 0 Å². The van der Waals surface area contributed by atoms with Crippen LogP contribution in [0.5, 0.6) is 0 Å². The van der Waals surface area contributed by atoms with Crippen LogP contribution in [0.3, 0.4) is 0 Å². The molecule has 0 aliphatic heterocycles. The minimum Gasteiger partial charge on any atom is -0.242 e. The minimum atomic E-state index is -0.445. The Kier molecular flexibility index (Phi) is 3.84. The summed E-state index contributed by atoms with van der Waals surface area (Å²) in [7, 11) is 0. The van der Waals surface area contributed by atoms with E-state index in [4.69, 9.17) is 21.8 Å². The van der Waals surface area contributed by atoms with Gasteiger partial charge >= 0.3 is 0 Å². The van der Waals surface area contributed by atoms with E-state index in [1.807, 2.05) is 42.5 Å². The summed E-state index contributed by atoms with van der Waals surface area (Å²) >= 11 is 1.72. The zero-order valence-corrected chi connectivity index (χ0v) is 22.3. The van der Waals surface area contributed by atoms with Gasteiger partial charge in [-0.15, -0.1) is 11.3 Å². The van der Waals surface area contributed by atoms with Crippen LogP contribution in [-0.2, 0) is 0 Å².